The van der Waals surface area contributed by atoms with Gasteiger partial charge in [-0.2, -0.15) is 5.10 Å². The van der Waals surface area contributed by atoms with Gasteiger partial charge in [0.25, 0.3) is 0 Å². The highest BCUT2D eigenvalue weighted by atomic mass is 32.2. The van der Waals surface area contributed by atoms with E-state index in [2.05, 4.69) is 35.1 Å². The summed E-state index contributed by atoms with van der Waals surface area (Å²) in [4.78, 5) is 23.5. The molecule has 0 bridgehead atoms. The number of hydrogen-bond donors (Lipinski definition) is 2. The van der Waals surface area contributed by atoms with Crippen LogP contribution in [0.15, 0.2) is 78.3 Å². The van der Waals surface area contributed by atoms with Crippen molar-refractivity contribution in [2.45, 2.75) is 17.7 Å². The third-order valence-corrected chi connectivity index (χ3v) is 8.72. The number of pyridine rings is 4. The van der Waals surface area contributed by atoms with Crippen LogP contribution in [0.4, 0.5) is 0 Å². The van der Waals surface area contributed by atoms with E-state index in [9.17, 15) is 8.42 Å². The fourth-order valence-electron chi connectivity index (χ4n) is 5.12. The molecule has 0 saturated carbocycles. The van der Waals surface area contributed by atoms with Crippen molar-refractivity contribution in [3.05, 3.63) is 73.4 Å². The zero-order chi connectivity index (χ0) is 26.4. The number of likely N-dealkylation sites (tertiary alicyclic amines) is 1. The van der Waals surface area contributed by atoms with Gasteiger partial charge in [-0.25, -0.2) is 8.42 Å². The first-order valence-corrected chi connectivity index (χ1v) is 14.3. The molecule has 0 radical (unpaired) electrons. The highest BCUT2D eigenvalue weighted by molar-refractivity contribution is 7.91. The number of aromatic nitrogens is 7. The summed E-state index contributed by atoms with van der Waals surface area (Å²) in [6.45, 7) is 1.61. The Balaban J connectivity index is 1.27. The van der Waals surface area contributed by atoms with E-state index in [0.29, 0.717) is 11.3 Å². The third-order valence-electron chi connectivity index (χ3n) is 7.08. The monoisotopic (exact) mass is 536 g/mol. The van der Waals surface area contributed by atoms with Crippen molar-refractivity contribution in [1.82, 2.24) is 40.0 Å². The van der Waals surface area contributed by atoms with Gasteiger partial charge in [-0.1, -0.05) is 6.07 Å². The van der Waals surface area contributed by atoms with E-state index in [0.717, 1.165) is 70.5 Å². The van der Waals surface area contributed by atoms with Crippen molar-refractivity contribution in [1.29, 1.82) is 0 Å². The zero-order valence-electron chi connectivity index (χ0n) is 20.9. The minimum absolute atomic E-state index is 0.00616. The highest BCUT2D eigenvalue weighted by Crippen LogP contribution is 2.33. The molecule has 0 atom stereocenters. The first-order chi connectivity index (χ1) is 19.0. The number of aromatic amines is 2. The summed E-state index contributed by atoms with van der Waals surface area (Å²) in [5.74, 6) is 0.00616. The van der Waals surface area contributed by atoms with E-state index in [1.54, 1.807) is 30.9 Å². The lowest BCUT2D eigenvalue weighted by Gasteiger charge is -2.15. The molecule has 0 aromatic carbocycles. The molecular formula is C28H24N8O2S. The normalized spacial score (nSPS) is 14.5. The first kappa shape index (κ1) is 23.6. The fraction of sp³-hybridized carbons (Fsp3) is 0.179. The molecule has 1 fully saturated rings. The van der Waals surface area contributed by atoms with Crippen LogP contribution in [0.3, 0.4) is 0 Å². The van der Waals surface area contributed by atoms with Crippen LogP contribution in [0.5, 0.6) is 0 Å². The van der Waals surface area contributed by atoms with Gasteiger partial charge in [-0.3, -0.25) is 29.9 Å². The minimum Gasteiger partial charge on any atom is -0.353 e. The van der Waals surface area contributed by atoms with E-state index in [-0.39, 0.29) is 10.8 Å². The molecule has 0 unspecified atom stereocenters. The second-order valence-corrected chi connectivity index (χ2v) is 11.6. The van der Waals surface area contributed by atoms with Gasteiger partial charge < -0.3 is 4.98 Å². The molecule has 39 heavy (non-hydrogen) atoms. The van der Waals surface area contributed by atoms with Crippen molar-refractivity contribution >= 4 is 31.6 Å². The molecule has 7 rings (SSSR count). The molecule has 6 aromatic heterocycles. The zero-order valence-corrected chi connectivity index (χ0v) is 21.7. The van der Waals surface area contributed by atoms with Gasteiger partial charge in [-0.15, -0.1) is 0 Å². The number of sulfone groups is 1. The number of nitrogens with one attached hydrogen (secondary N) is 2. The Morgan fingerprint density at radius 3 is 2.54 bits per heavy atom. The summed E-state index contributed by atoms with van der Waals surface area (Å²) in [5, 5.41) is 9.41. The van der Waals surface area contributed by atoms with Crippen LogP contribution in [0.2, 0.25) is 0 Å². The summed E-state index contributed by atoms with van der Waals surface area (Å²) in [6.07, 6.45) is 10.3. The molecular weight excluding hydrogens is 512 g/mol. The third kappa shape index (κ3) is 4.35. The Bertz CT molecular complexity index is 1930. The Labute approximate surface area is 224 Å². The van der Waals surface area contributed by atoms with Crippen molar-refractivity contribution < 1.29 is 8.42 Å². The summed E-state index contributed by atoms with van der Waals surface area (Å²) < 4.78 is 26.1. The summed E-state index contributed by atoms with van der Waals surface area (Å²) in [6, 6.07) is 13.3. The van der Waals surface area contributed by atoms with Crippen LogP contribution in [0.1, 0.15) is 12.8 Å². The van der Waals surface area contributed by atoms with Crippen LogP contribution >= 0.6 is 0 Å². The van der Waals surface area contributed by atoms with E-state index in [1.165, 1.54) is 6.20 Å². The minimum atomic E-state index is -3.50. The first-order valence-electron chi connectivity index (χ1n) is 12.7. The van der Waals surface area contributed by atoms with Crippen LogP contribution in [-0.4, -0.2) is 67.4 Å². The van der Waals surface area contributed by atoms with Gasteiger partial charge in [0, 0.05) is 46.6 Å². The molecule has 7 heterocycles. The highest BCUT2D eigenvalue weighted by Gasteiger charge is 2.23. The standard InChI is InChI=1S/C28H24N8O2S/c37-39(38,17-36-9-3-4-10-36)19-11-18(14-29-15-19)24-12-21-26(16-32-24)34-35-28(21)25-13-20-22(33-25)6-8-31-27(20)23-5-1-2-7-30-23/h1-2,5-8,11-16,33H,3-4,9-10,17H2,(H,34,35). The van der Waals surface area contributed by atoms with E-state index in [4.69, 9.17) is 0 Å². The summed E-state index contributed by atoms with van der Waals surface area (Å²) >= 11 is 0. The maximum atomic E-state index is 13.1. The van der Waals surface area contributed by atoms with Gasteiger partial charge in [0.1, 0.15) is 11.6 Å². The van der Waals surface area contributed by atoms with Crippen molar-refractivity contribution in [3.8, 4) is 34.0 Å². The fourth-order valence-corrected chi connectivity index (χ4v) is 6.54. The molecule has 1 saturated heterocycles. The van der Waals surface area contributed by atoms with Gasteiger partial charge in [0.05, 0.1) is 39.4 Å². The number of fused-ring (bicyclic) bond motifs is 2. The molecule has 11 heteroatoms. The SMILES string of the molecule is O=S(=O)(CN1CCCC1)c1cncc(-c2cc3c(-c4cc5c(-c6ccccn6)nccc5[nH]4)n[nH]c3cn2)c1. The number of nitrogens with zero attached hydrogens (tertiary/aromatic N) is 6. The topological polar surface area (TPSA) is 133 Å². The van der Waals surface area contributed by atoms with Crippen molar-refractivity contribution in [2.24, 2.45) is 0 Å². The van der Waals surface area contributed by atoms with Crippen LogP contribution in [0.25, 0.3) is 55.8 Å². The van der Waals surface area contributed by atoms with E-state index in [1.807, 2.05) is 41.3 Å². The van der Waals surface area contributed by atoms with Gasteiger partial charge >= 0.3 is 0 Å². The lowest BCUT2D eigenvalue weighted by Crippen LogP contribution is -2.27. The second-order valence-electron chi connectivity index (χ2n) is 9.68. The molecule has 2 N–H and O–H groups in total. The van der Waals surface area contributed by atoms with E-state index >= 15 is 0 Å². The van der Waals surface area contributed by atoms with Crippen molar-refractivity contribution in [2.75, 3.05) is 19.0 Å². The van der Waals surface area contributed by atoms with Crippen LogP contribution < -0.4 is 0 Å². The average Bonchev–Trinajstić information content (AvgIpc) is 3.72. The molecule has 0 spiro atoms. The van der Waals surface area contributed by atoms with Crippen LogP contribution in [0, 0.1) is 0 Å². The lowest BCUT2D eigenvalue weighted by atomic mass is 10.1. The predicted molar refractivity (Wildman–Crippen MR) is 148 cm³/mol. The summed E-state index contributed by atoms with van der Waals surface area (Å²) in [7, 11) is -3.50. The Morgan fingerprint density at radius 2 is 1.69 bits per heavy atom. The maximum Gasteiger partial charge on any atom is 0.193 e. The molecule has 6 aromatic rings. The van der Waals surface area contributed by atoms with Gasteiger partial charge in [-0.05, 0) is 62.3 Å². The summed E-state index contributed by atoms with van der Waals surface area (Å²) in [5.41, 5.74) is 6.05. The maximum absolute atomic E-state index is 13.1. The molecule has 194 valence electrons. The Morgan fingerprint density at radius 1 is 0.821 bits per heavy atom. The van der Waals surface area contributed by atoms with E-state index < -0.39 is 9.84 Å². The molecule has 10 nitrogen and oxygen atoms in total. The molecule has 0 aliphatic carbocycles. The van der Waals surface area contributed by atoms with Gasteiger partial charge in [0.15, 0.2) is 9.84 Å². The Kier molecular flexibility index (Phi) is 5.67. The molecule has 1 aliphatic heterocycles. The number of rotatable bonds is 6. The largest absolute Gasteiger partial charge is 0.353 e. The molecule has 1 aliphatic rings. The second kappa shape index (κ2) is 9.37. The van der Waals surface area contributed by atoms with Crippen molar-refractivity contribution in [3.63, 3.8) is 0 Å². The quantitative estimate of drug-likeness (QED) is 0.319. The molecule has 0 amide bonds. The average molecular weight is 537 g/mol. The predicted octanol–water partition coefficient (Wildman–Crippen LogP) is 4.45. The van der Waals surface area contributed by atoms with Gasteiger partial charge in [0.2, 0.25) is 0 Å². The number of H-pyrrole nitrogens is 2. The Hall–Kier alpha value is -4.48. The number of hydrogen-bond acceptors (Lipinski definition) is 8. The lowest BCUT2D eigenvalue weighted by molar-refractivity contribution is 0.388. The van der Waals surface area contributed by atoms with Crippen LogP contribution in [-0.2, 0) is 9.84 Å². The smallest absolute Gasteiger partial charge is 0.193 e.